The van der Waals surface area contributed by atoms with Crippen molar-refractivity contribution in [3.63, 3.8) is 0 Å². The van der Waals surface area contributed by atoms with E-state index in [1.165, 1.54) is 5.56 Å². The van der Waals surface area contributed by atoms with Gasteiger partial charge in [0.2, 0.25) is 5.91 Å². The first kappa shape index (κ1) is 17.0. The molecule has 0 aliphatic carbocycles. The van der Waals surface area contributed by atoms with Crippen molar-refractivity contribution in [3.05, 3.63) is 28.2 Å². The van der Waals surface area contributed by atoms with Crippen molar-refractivity contribution >= 4 is 27.5 Å². The number of amides is 1. The molecule has 1 rings (SSSR count). The second-order valence-electron chi connectivity index (χ2n) is 4.95. The summed E-state index contributed by atoms with van der Waals surface area (Å²) >= 11 is 3.61. The van der Waals surface area contributed by atoms with Gasteiger partial charge in [-0.3, -0.25) is 4.79 Å². The van der Waals surface area contributed by atoms with Crippen molar-refractivity contribution in [3.8, 4) is 0 Å². The highest BCUT2D eigenvalue weighted by Crippen LogP contribution is 2.24. The van der Waals surface area contributed by atoms with Gasteiger partial charge in [0.25, 0.3) is 0 Å². The Morgan fingerprint density at radius 1 is 1.45 bits per heavy atom. The van der Waals surface area contributed by atoms with E-state index in [4.69, 9.17) is 0 Å². The van der Waals surface area contributed by atoms with Gasteiger partial charge in [-0.25, -0.2) is 0 Å². The molecule has 5 heteroatoms. The van der Waals surface area contributed by atoms with Gasteiger partial charge in [0.05, 0.1) is 5.92 Å². The van der Waals surface area contributed by atoms with Gasteiger partial charge in [0, 0.05) is 37.3 Å². The molecule has 0 fully saturated rings. The predicted molar refractivity (Wildman–Crippen MR) is 88.0 cm³/mol. The lowest BCUT2D eigenvalue weighted by molar-refractivity contribution is -0.123. The fraction of sp³-hybridized carbons (Fsp3) is 0.533. The van der Waals surface area contributed by atoms with Crippen LogP contribution in [0.25, 0.3) is 0 Å². The molecule has 0 aliphatic rings. The maximum absolute atomic E-state index is 11.6. The minimum atomic E-state index is -0.0368. The predicted octanol–water partition coefficient (Wildman–Crippen LogP) is 2.38. The Balaban J connectivity index is 2.71. The molecule has 0 aliphatic heterocycles. The SMILES string of the molecule is CCNCc1ccc(N(C)CC(C)C(=O)NC)cc1Br. The van der Waals surface area contributed by atoms with Crippen molar-refractivity contribution in [2.75, 3.05) is 32.1 Å². The number of anilines is 1. The lowest BCUT2D eigenvalue weighted by Crippen LogP contribution is -2.34. The first-order chi connectivity index (χ1) is 9.49. The summed E-state index contributed by atoms with van der Waals surface area (Å²) in [6, 6.07) is 6.31. The molecule has 0 aromatic heterocycles. The monoisotopic (exact) mass is 341 g/mol. The van der Waals surface area contributed by atoms with E-state index in [0.29, 0.717) is 6.54 Å². The third-order valence-electron chi connectivity index (χ3n) is 3.28. The van der Waals surface area contributed by atoms with Gasteiger partial charge in [-0.1, -0.05) is 35.8 Å². The Morgan fingerprint density at radius 3 is 2.70 bits per heavy atom. The van der Waals surface area contributed by atoms with Crippen LogP contribution in [0.2, 0.25) is 0 Å². The first-order valence-electron chi connectivity index (χ1n) is 6.91. The van der Waals surface area contributed by atoms with E-state index in [1.54, 1.807) is 7.05 Å². The molecule has 1 aromatic rings. The van der Waals surface area contributed by atoms with Crippen molar-refractivity contribution in [2.45, 2.75) is 20.4 Å². The molecule has 20 heavy (non-hydrogen) atoms. The second-order valence-corrected chi connectivity index (χ2v) is 5.81. The van der Waals surface area contributed by atoms with Crippen LogP contribution in [0.3, 0.4) is 0 Å². The van der Waals surface area contributed by atoms with E-state index in [2.05, 4.69) is 56.6 Å². The molecular weight excluding hydrogens is 318 g/mol. The molecule has 2 N–H and O–H groups in total. The number of hydrogen-bond acceptors (Lipinski definition) is 3. The van der Waals surface area contributed by atoms with Crippen molar-refractivity contribution in [1.82, 2.24) is 10.6 Å². The third-order valence-corrected chi connectivity index (χ3v) is 4.02. The zero-order chi connectivity index (χ0) is 15.1. The zero-order valence-electron chi connectivity index (χ0n) is 12.7. The van der Waals surface area contributed by atoms with Crippen LogP contribution in [-0.4, -0.2) is 33.1 Å². The minimum absolute atomic E-state index is 0.0368. The molecule has 4 nitrogen and oxygen atoms in total. The number of carbonyl (C=O) groups is 1. The molecule has 0 spiro atoms. The number of nitrogens with one attached hydrogen (secondary N) is 2. The molecule has 1 atom stereocenters. The van der Waals surface area contributed by atoms with Crippen molar-refractivity contribution in [2.24, 2.45) is 5.92 Å². The number of rotatable bonds is 7. The first-order valence-corrected chi connectivity index (χ1v) is 7.70. The summed E-state index contributed by atoms with van der Waals surface area (Å²) in [6.45, 7) is 6.53. The Morgan fingerprint density at radius 2 is 2.15 bits per heavy atom. The number of hydrogen-bond donors (Lipinski definition) is 2. The van der Waals surface area contributed by atoms with Gasteiger partial charge < -0.3 is 15.5 Å². The van der Waals surface area contributed by atoms with Gasteiger partial charge in [-0.15, -0.1) is 0 Å². The van der Waals surface area contributed by atoms with Crippen LogP contribution in [0.4, 0.5) is 5.69 Å². The highest BCUT2D eigenvalue weighted by Gasteiger charge is 2.14. The average Bonchev–Trinajstić information content (AvgIpc) is 2.44. The molecule has 1 amide bonds. The minimum Gasteiger partial charge on any atom is -0.374 e. The summed E-state index contributed by atoms with van der Waals surface area (Å²) in [4.78, 5) is 13.7. The van der Waals surface area contributed by atoms with Crippen LogP contribution >= 0.6 is 15.9 Å². The fourth-order valence-corrected chi connectivity index (χ4v) is 2.53. The highest BCUT2D eigenvalue weighted by atomic mass is 79.9. The smallest absolute Gasteiger partial charge is 0.224 e. The number of halogens is 1. The van der Waals surface area contributed by atoms with E-state index in [9.17, 15) is 4.79 Å². The second kappa shape index (κ2) is 8.27. The van der Waals surface area contributed by atoms with Crippen LogP contribution < -0.4 is 15.5 Å². The molecule has 112 valence electrons. The van der Waals surface area contributed by atoms with Gasteiger partial charge in [-0.2, -0.15) is 0 Å². The van der Waals surface area contributed by atoms with Gasteiger partial charge in [0.15, 0.2) is 0 Å². The Labute approximate surface area is 130 Å². The fourth-order valence-electron chi connectivity index (χ4n) is 2.02. The van der Waals surface area contributed by atoms with Gasteiger partial charge in [-0.05, 0) is 24.2 Å². The lowest BCUT2D eigenvalue weighted by Gasteiger charge is -2.23. The number of nitrogens with zero attached hydrogens (tertiary/aromatic N) is 1. The lowest BCUT2D eigenvalue weighted by atomic mass is 10.1. The molecule has 0 saturated heterocycles. The maximum Gasteiger partial charge on any atom is 0.224 e. The Kier molecular flexibility index (Phi) is 7.02. The molecule has 0 bridgehead atoms. The highest BCUT2D eigenvalue weighted by molar-refractivity contribution is 9.10. The number of benzene rings is 1. The summed E-state index contributed by atoms with van der Waals surface area (Å²) in [6.07, 6.45) is 0. The molecular formula is C15H24BrN3O. The molecule has 1 unspecified atom stereocenters. The van der Waals surface area contributed by atoms with E-state index in [0.717, 1.165) is 23.2 Å². The quantitative estimate of drug-likeness (QED) is 0.800. The summed E-state index contributed by atoms with van der Waals surface area (Å²) in [5.74, 6) is 0.0323. The largest absolute Gasteiger partial charge is 0.374 e. The van der Waals surface area contributed by atoms with Crippen LogP contribution in [-0.2, 0) is 11.3 Å². The standard InChI is InChI=1S/C15H24BrN3O/c1-5-18-9-12-6-7-13(8-14(12)16)19(4)10-11(2)15(20)17-3/h6-8,11,18H,5,9-10H2,1-4H3,(H,17,20). The summed E-state index contributed by atoms with van der Waals surface area (Å²) < 4.78 is 1.09. The Hall–Kier alpha value is -1.07. The summed E-state index contributed by atoms with van der Waals surface area (Å²) in [5.41, 5.74) is 2.34. The normalized spacial score (nSPS) is 12.1. The van der Waals surface area contributed by atoms with E-state index in [-0.39, 0.29) is 11.8 Å². The van der Waals surface area contributed by atoms with Gasteiger partial charge >= 0.3 is 0 Å². The van der Waals surface area contributed by atoms with Crippen LogP contribution in [0.5, 0.6) is 0 Å². The van der Waals surface area contributed by atoms with E-state index >= 15 is 0 Å². The number of carbonyl (C=O) groups excluding carboxylic acids is 1. The van der Waals surface area contributed by atoms with Gasteiger partial charge in [0.1, 0.15) is 0 Å². The van der Waals surface area contributed by atoms with E-state index < -0.39 is 0 Å². The summed E-state index contributed by atoms with van der Waals surface area (Å²) in [5, 5.41) is 5.99. The van der Waals surface area contributed by atoms with E-state index in [1.807, 2.05) is 14.0 Å². The Bertz CT molecular complexity index is 451. The topological polar surface area (TPSA) is 44.4 Å². The van der Waals surface area contributed by atoms with Crippen molar-refractivity contribution < 1.29 is 4.79 Å². The van der Waals surface area contributed by atoms with Crippen molar-refractivity contribution in [1.29, 1.82) is 0 Å². The molecule has 0 heterocycles. The third kappa shape index (κ3) is 4.80. The zero-order valence-corrected chi connectivity index (χ0v) is 14.3. The maximum atomic E-state index is 11.6. The summed E-state index contributed by atoms with van der Waals surface area (Å²) in [7, 11) is 3.68. The molecule has 1 aromatic carbocycles. The molecule has 0 saturated carbocycles. The van der Waals surface area contributed by atoms with Crippen LogP contribution in [0.15, 0.2) is 22.7 Å². The van der Waals surface area contributed by atoms with Crippen LogP contribution in [0, 0.1) is 5.92 Å². The van der Waals surface area contributed by atoms with Crippen LogP contribution in [0.1, 0.15) is 19.4 Å². The molecule has 0 radical (unpaired) electrons. The average molecular weight is 342 g/mol.